The standard InChI is InChI=1S/C75H52F6N6O2S2/c1-45-61(41-65(90-45)63-43-86(84-82-63)37-39-88-51-33-29-49(30-34-51)69-57-25-13-9-21-53(57)67(47-17-5-3-6-18-47)54-22-10-14-26-58(54)69)71-72(74(78,79)75(80,81)73(71,76)77)62-42-66(91-46(62)2)64-44-87(85-83-64)38-40-89-52-35-31-50(32-36-52)70-59-27-15-11-23-55(59)68(48-19-7-4-8-20-48)56-24-12-16-28-60(56)70/h3-36,41-44H,37-40H2,1-2H3. The highest BCUT2D eigenvalue weighted by Gasteiger charge is 2.80. The van der Waals surface area contributed by atoms with Gasteiger partial charge < -0.3 is 9.47 Å². The van der Waals surface area contributed by atoms with Crippen molar-refractivity contribution in [1.82, 2.24) is 30.0 Å². The SMILES string of the molecule is Cc1sc(-c2cn(CCOc3ccc(-c4c5ccccc5c(-c5ccccc5)c5ccccc45)cc3)nn2)cc1C1=C(c2cc(-c3cn(CCOc4ccc(-c5c6ccccc6c(-c6ccccc6)c6ccccc56)cc4)nn3)sc2C)C(F)(F)C(F)(F)C1(F)F. The molecule has 0 bridgehead atoms. The first-order chi connectivity index (χ1) is 44.2. The highest BCUT2D eigenvalue weighted by molar-refractivity contribution is 7.16. The third-order valence-corrected chi connectivity index (χ3v) is 19.2. The molecular weight excluding hydrogens is 1190 g/mol. The van der Waals surface area contributed by atoms with Gasteiger partial charge in [-0.1, -0.05) is 192 Å². The molecule has 448 valence electrons. The Labute approximate surface area is 526 Å². The van der Waals surface area contributed by atoms with Crippen molar-refractivity contribution in [2.75, 3.05) is 13.2 Å². The predicted molar refractivity (Wildman–Crippen MR) is 353 cm³/mol. The van der Waals surface area contributed by atoms with Gasteiger partial charge in [0.25, 0.3) is 0 Å². The highest BCUT2D eigenvalue weighted by Crippen LogP contribution is 2.66. The van der Waals surface area contributed by atoms with Crippen LogP contribution in [-0.4, -0.2) is 61.0 Å². The molecule has 1 aliphatic rings. The molecule has 16 heteroatoms. The summed E-state index contributed by atoms with van der Waals surface area (Å²) in [5.41, 5.74) is 5.66. The second kappa shape index (κ2) is 22.7. The lowest BCUT2D eigenvalue weighted by Crippen LogP contribution is -2.48. The van der Waals surface area contributed by atoms with Crippen molar-refractivity contribution in [3.63, 3.8) is 0 Å². The number of alkyl halides is 6. The Morgan fingerprint density at radius 3 is 0.967 bits per heavy atom. The van der Waals surface area contributed by atoms with E-state index in [-0.39, 0.29) is 57.2 Å². The smallest absolute Gasteiger partial charge is 0.380 e. The molecule has 91 heavy (non-hydrogen) atoms. The van der Waals surface area contributed by atoms with Crippen LogP contribution < -0.4 is 9.47 Å². The fourth-order valence-corrected chi connectivity index (χ4v) is 14.8. The van der Waals surface area contributed by atoms with E-state index in [1.54, 1.807) is 12.4 Å². The Balaban J connectivity index is 0.633. The zero-order chi connectivity index (χ0) is 62.2. The summed E-state index contributed by atoms with van der Waals surface area (Å²) in [7, 11) is 0. The molecule has 0 N–H and O–H groups in total. The van der Waals surface area contributed by atoms with Gasteiger partial charge in [0.1, 0.15) is 36.1 Å². The summed E-state index contributed by atoms with van der Waals surface area (Å²) in [4.78, 5) is 0.799. The molecule has 15 rings (SSSR count). The molecule has 0 aliphatic heterocycles. The molecule has 1 aliphatic carbocycles. The van der Waals surface area contributed by atoms with Crippen molar-refractivity contribution in [3.05, 3.63) is 252 Å². The largest absolute Gasteiger partial charge is 0.492 e. The normalized spacial score (nSPS) is 14.3. The van der Waals surface area contributed by atoms with E-state index in [9.17, 15) is 0 Å². The molecule has 0 amide bonds. The number of aromatic nitrogens is 6. The third-order valence-electron chi connectivity index (χ3n) is 17.1. The van der Waals surface area contributed by atoms with Crippen molar-refractivity contribution >= 4 is 76.9 Å². The highest BCUT2D eigenvalue weighted by atomic mass is 32.1. The monoisotopic (exact) mass is 1250 g/mol. The Morgan fingerprint density at radius 1 is 0.374 bits per heavy atom. The van der Waals surface area contributed by atoms with E-state index in [0.717, 1.165) is 99.1 Å². The van der Waals surface area contributed by atoms with Gasteiger partial charge in [-0.3, -0.25) is 0 Å². The Bertz CT molecular complexity index is 4700. The summed E-state index contributed by atoms with van der Waals surface area (Å²) in [6.07, 6.45) is 3.15. The first-order valence-corrected chi connectivity index (χ1v) is 31.2. The van der Waals surface area contributed by atoms with E-state index in [1.165, 1.54) is 46.5 Å². The average Bonchev–Trinajstić information content (AvgIpc) is 1.50. The Kier molecular flexibility index (Phi) is 14.3. The number of allylic oxidation sites excluding steroid dienone is 2. The number of rotatable bonds is 16. The van der Waals surface area contributed by atoms with Crippen LogP contribution in [0.15, 0.2) is 231 Å². The van der Waals surface area contributed by atoms with Crippen LogP contribution in [-0.2, 0) is 13.1 Å². The number of halogens is 6. The maximum atomic E-state index is 16.3. The summed E-state index contributed by atoms with van der Waals surface area (Å²) < 4.78 is 112. The molecule has 0 spiro atoms. The maximum absolute atomic E-state index is 16.3. The van der Waals surface area contributed by atoms with E-state index >= 15 is 26.3 Å². The number of fused-ring (bicyclic) bond motifs is 4. The van der Waals surface area contributed by atoms with Gasteiger partial charge in [0.05, 0.1) is 35.2 Å². The number of benzene rings is 10. The third kappa shape index (κ3) is 9.83. The summed E-state index contributed by atoms with van der Waals surface area (Å²) in [6, 6.07) is 72.8. The number of aryl methyl sites for hydroxylation is 2. The van der Waals surface area contributed by atoms with Gasteiger partial charge >= 0.3 is 17.8 Å². The zero-order valence-electron chi connectivity index (χ0n) is 48.9. The first-order valence-electron chi connectivity index (χ1n) is 29.6. The summed E-state index contributed by atoms with van der Waals surface area (Å²) in [5, 5.41) is 26.1. The van der Waals surface area contributed by atoms with Crippen LogP contribution >= 0.6 is 22.7 Å². The topological polar surface area (TPSA) is 79.9 Å². The number of thiophene rings is 2. The number of nitrogens with zero attached hydrogens (tertiary/aromatic N) is 6. The van der Waals surface area contributed by atoms with Crippen molar-refractivity contribution in [2.24, 2.45) is 0 Å². The van der Waals surface area contributed by atoms with Crippen LogP contribution in [0, 0.1) is 13.8 Å². The molecule has 14 aromatic rings. The molecule has 0 saturated heterocycles. The van der Waals surface area contributed by atoms with E-state index < -0.39 is 40.0 Å². The fourth-order valence-electron chi connectivity index (χ4n) is 12.8. The lowest BCUT2D eigenvalue weighted by molar-refractivity contribution is -0.254. The van der Waals surface area contributed by atoms with Crippen LogP contribution in [0.5, 0.6) is 11.5 Å². The van der Waals surface area contributed by atoms with Crippen LogP contribution in [0.3, 0.4) is 0 Å². The lowest BCUT2D eigenvalue weighted by atomic mass is 9.86. The summed E-state index contributed by atoms with van der Waals surface area (Å²) >= 11 is 1.93. The second-order valence-corrected chi connectivity index (χ2v) is 25.0. The van der Waals surface area contributed by atoms with Crippen LogP contribution in [0.4, 0.5) is 26.3 Å². The number of hydrogen-bond donors (Lipinski definition) is 0. The molecule has 10 aromatic carbocycles. The Hall–Kier alpha value is -10.2. The van der Waals surface area contributed by atoms with Crippen molar-refractivity contribution in [2.45, 2.75) is 44.7 Å². The number of ether oxygens (including phenoxy) is 2. The van der Waals surface area contributed by atoms with Gasteiger partial charge in [0, 0.05) is 20.9 Å². The molecular formula is C75H52F6N6O2S2. The van der Waals surface area contributed by atoms with Gasteiger partial charge in [0.2, 0.25) is 0 Å². The van der Waals surface area contributed by atoms with Crippen LogP contribution in [0.2, 0.25) is 0 Å². The summed E-state index contributed by atoms with van der Waals surface area (Å²) in [6.45, 7) is 3.73. The minimum Gasteiger partial charge on any atom is -0.492 e. The van der Waals surface area contributed by atoms with E-state index in [4.69, 9.17) is 9.47 Å². The van der Waals surface area contributed by atoms with E-state index in [1.807, 2.05) is 60.7 Å². The molecule has 0 atom stereocenters. The predicted octanol–water partition coefficient (Wildman–Crippen LogP) is 20.2. The molecule has 0 unspecified atom stereocenters. The van der Waals surface area contributed by atoms with Gasteiger partial charge in [-0.15, -0.1) is 32.9 Å². The maximum Gasteiger partial charge on any atom is 0.380 e. The Morgan fingerprint density at radius 2 is 0.659 bits per heavy atom. The van der Waals surface area contributed by atoms with Gasteiger partial charge in [-0.05, 0) is 149 Å². The number of hydrogen-bond acceptors (Lipinski definition) is 8. The molecule has 4 heterocycles. The van der Waals surface area contributed by atoms with E-state index in [2.05, 4.69) is 166 Å². The zero-order valence-corrected chi connectivity index (χ0v) is 50.5. The second-order valence-electron chi connectivity index (χ2n) is 22.5. The van der Waals surface area contributed by atoms with Gasteiger partial charge in [-0.25, -0.2) is 9.36 Å². The quantitative estimate of drug-likeness (QED) is 0.0708. The first kappa shape index (κ1) is 57.3. The molecule has 4 aromatic heterocycles. The minimum absolute atomic E-state index is 0.121. The molecule has 0 radical (unpaired) electrons. The summed E-state index contributed by atoms with van der Waals surface area (Å²) in [5.74, 6) is -15.0. The minimum atomic E-state index is -5.76. The van der Waals surface area contributed by atoms with Gasteiger partial charge in [-0.2, -0.15) is 26.3 Å². The van der Waals surface area contributed by atoms with Gasteiger partial charge in [0.15, 0.2) is 0 Å². The van der Waals surface area contributed by atoms with Crippen molar-refractivity contribution in [3.8, 4) is 77.1 Å². The van der Waals surface area contributed by atoms with Crippen molar-refractivity contribution in [1.29, 1.82) is 0 Å². The lowest BCUT2D eigenvalue weighted by Gasteiger charge is -2.25. The fraction of sp³-hybridized carbons (Fsp3) is 0.120. The molecule has 8 nitrogen and oxygen atoms in total. The van der Waals surface area contributed by atoms with E-state index in [0.29, 0.717) is 11.5 Å². The molecule has 0 fully saturated rings. The van der Waals surface area contributed by atoms with Crippen LogP contribution in [0.1, 0.15) is 20.9 Å². The van der Waals surface area contributed by atoms with Crippen molar-refractivity contribution < 1.29 is 35.8 Å². The molecule has 0 saturated carbocycles. The van der Waals surface area contributed by atoms with Crippen LogP contribution in [0.25, 0.3) is 120 Å². The average molecular weight is 1250 g/mol.